The SMILES string of the molecule is CCOC(=O)c1cc2n(c1)CN(C(C)C#N)c1ccccc1-2. The van der Waals surface area contributed by atoms with Crippen LogP contribution >= 0.6 is 0 Å². The van der Waals surface area contributed by atoms with Gasteiger partial charge in [-0.15, -0.1) is 0 Å². The Balaban J connectivity index is 2.08. The Kier molecular flexibility index (Phi) is 3.60. The molecule has 2 heterocycles. The van der Waals surface area contributed by atoms with E-state index in [9.17, 15) is 10.1 Å². The number of para-hydroxylation sites is 1. The number of hydrogen-bond acceptors (Lipinski definition) is 4. The molecule has 22 heavy (non-hydrogen) atoms. The van der Waals surface area contributed by atoms with Gasteiger partial charge in [0.2, 0.25) is 0 Å². The molecule has 5 heteroatoms. The van der Waals surface area contributed by atoms with E-state index >= 15 is 0 Å². The molecule has 5 nitrogen and oxygen atoms in total. The lowest BCUT2D eigenvalue weighted by Gasteiger charge is -2.34. The van der Waals surface area contributed by atoms with Crippen LogP contribution in [0.4, 0.5) is 5.69 Å². The zero-order chi connectivity index (χ0) is 15.7. The molecule has 0 saturated heterocycles. The molecule has 1 unspecified atom stereocenters. The fourth-order valence-corrected chi connectivity index (χ4v) is 2.76. The first-order valence-corrected chi connectivity index (χ1v) is 7.28. The summed E-state index contributed by atoms with van der Waals surface area (Å²) in [4.78, 5) is 14.0. The van der Waals surface area contributed by atoms with Gasteiger partial charge in [0.1, 0.15) is 6.04 Å². The molecule has 1 aromatic heterocycles. The van der Waals surface area contributed by atoms with E-state index in [-0.39, 0.29) is 12.0 Å². The number of nitriles is 1. The van der Waals surface area contributed by atoms with Gasteiger partial charge in [-0.05, 0) is 26.0 Å². The number of carbonyl (C=O) groups is 1. The van der Waals surface area contributed by atoms with Crippen molar-refractivity contribution in [2.24, 2.45) is 0 Å². The van der Waals surface area contributed by atoms with Gasteiger partial charge in [0.25, 0.3) is 0 Å². The van der Waals surface area contributed by atoms with Gasteiger partial charge in [-0.1, -0.05) is 18.2 Å². The summed E-state index contributed by atoms with van der Waals surface area (Å²) < 4.78 is 7.06. The molecule has 0 spiro atoms. The normalized spacial score (nSPS) is 13.8. The van der Waals surface area contributed by atoms with E-state index in [2.05, 4.69) is 6.07 Å². The number of fused-ring (bicyclic) bond motifs is 3. The number of aromatic nitrogens is 1. The Bertz CT molecular complexity index is 758. The lowest BCUT2D eigenvalue weighted by molar-refractivity contribution is 0.0526. The van der Waals surface area contributed by atoms with E-state index < -0.39 is 0 Å². The largest absolute Gasteiger partial charge is 0.462 e. The van der Waals surface area contributed by atoms with Gasteiger partial charge in [0.15, 0.2) is 0 Å². The first-order chi connectivity index (χ1) is 10.7. The molecule has 1 atom stereocenters. The molecule has 2 aromatic rings. The van der Waals surface area contributed by atoms with E-state index in [0.717, 1.165) is 16.9 Å². The highest BCUT2D eigenvalue weighted by Gasteiger charge is 2.26. The van der Waals surface area contributed by atoms with Gasteiger partial charge in [0.05, 0.1) is 30.6 Å². The van der Waals surface area contributed by atoms with Crippen molar-refractivity contribution < 1.29 is 9.53 Å². The van der Waals surface area contributed by atoms with Crippen LogP contribution in [-0.4, -0.2) is 23.2 Å². The number of hydrogen-bond donors (Lipinski definition) is 0. The van der Waals surface area contributed by atoms with Gasteiger partial charge in [0, 0.05) is 17.4 Å². The molecule has 0 radical (unpaired) electrons. The smallest absolute Gasteiger partial charge is 0.339 e. The summed E-state index contributed by atoms with van der Waals surface area (Å²) >= 11 is 0. The van der Waals surface area contributed by atoms with Crippen molar-refractivity contribution in [3.05, 3.63) is 42.1 Å². The summed E-state index contributed by atoms with van der Waals surface area (Å²) in [7, 11) is 0. The fourth-order valence-electron chi connectivity index (χ4n) is 2.76. The monoisotopic (exact) mass is 295 g/mol. The van der Waals surface area contributed by atoms with Crippen molar-refractivity contribution in [2.75, 3.05) is 11.5 Å². The molecule has 0 amide bonds. The van der Waals surface area contributed by atoms with E-state index in [4.69, 9.17) is 4.74 Å². The molecule has 0 bridgehead atoms. The van der Waals surface area contributed by atoms with Gasteiger partial charge >= 0.3 is 5.97 Å². The van der Waals surface area contributed by atoms with E-state index in [1.165, 1.54) is 0 Å². The van der Waals surface area contributed by atoms with Crippen LogP contribution in [0.1, 0.15) is 24.2 Å². The maximum atomic E-state index is 11.9. The van der Waals surface area contributed by atoms with Crippen molar-refractivity contribution in [2.45, 2.75) is 26.6 Å². The zero-order valence-electron chi connectivity index (χ0n) is 12.6. The summed E-state index contributed by atoms with van der Waals surface area (Å²) in [6.45, 7) is 4.56. The lowest BCUT2D eigenvalue weighted by Crippen LogP contribution is -2.36. The second kappa shape index (κ2) is 5.57. The fraction of sp³-hybridized carbons (Fsp3) is 0.294. The summed E-state index contributed by atoms with van der Waals surface area (Å²) in [6.07, 6.45) is 1.79. The van der Waals surface area contributed by atoms with Gasteiger partial charge in [-0.3, -0.25) is 0 Å². The van der Waals surface area contributed by atoms with Crippen molar-refractivity contribution in [1.29, 1.82) is 5.26 Å². The first kappa shape index (κ1) is 14.2. The quantitative estimate of drug-likeness (QED) is 0.817. The Morgan fingerprint density at radius 3 is 2.95 bits per heavy atom. The van der Waals surface area contributed by atoms with Gasteiger partial charge < -0.3 is 14.2 Å². The number of ether oxygens (including phenoxy) is 1. The molecule has 1 aliphatic heterocycles. The number of nitrogens with zero attached hydrogens (tertiary/aromatic N) is 3. The Hall–Kier alpha value is -2.74. The van der Waals surface area contributed by atoms with Crippen LogP contribution in [0.2, 0.25) is 0 Å². The summed E-state index contributed by atoms with van der Waals surface area (Å²) in [5.41, 5.74) is 3.54. The average Bonchev–Trinajstić information content (AvgIpc) is 2.98. The second-order valence-electron chi connectivity index (χ2n) is 5.24. The molecular formula is C17H17N3O2. The first-order valence-electron chi connectivity index (χ1n) is 7.28. The Morgan fingerprint density at radius 1 is 1.45 bits per heavy atom. The van der Waals surface area contributed by atoms with Crippen LogP contribution in [0.5, 0.6) is 0 Å². The minimum atomic E-state index is -0.318. The highest BCUT2D eigenvalue weighted by atomic mass is 16.5. The van der Waals surface area contributed by atoms with Crippen LogP contribution in [0.25, 0.3) is 11.3 Å². The lowest BCUT2D eigenvalue weighted by atomic mass is 10.1. The topological polar surface area (TPSA) is 58.3 Å². The van der Waals surface area contributed by atoms with Crippen molar-refractivity contribution >= 4 is 11.7 Å². The number of esters is 1. The van der Waals surface area contributed by atoms with Crippen LogP contribution in [0.3, 0.4) is 0 Å². The number of benzene rings is 1. The van der Waals surface area contributed by atoms with Crippen molar-refractivity contribution in [1.82, 2.24) is 4.57 Å². The van der Waals surface area contributed by atoms with E-state index in [1.807, 2.05) is 46.7 Å². The predicted octanol–water partition coefficient (Wildman–Crippen LogP) is 3.02. The average molecular weight is 295 g/mol. The third-order valence-electron chi connectivity index (χ3n) is 3.86. The summed E-state index contributed by atoms with van der Waals surface area (Å²) in [6, 6.07) is 11.8. The predicted molar refractivity (Wildman–Crippen MR) is 83.4 cm³/mol. The molecule has 1 aromatic carbocycles. The van der Waals surface area contributed by atoms with E-state index in [0.29, 0.717) is 18.8 Å². The zero-order valence-corrected chi connectivity index (χ0v) is 12.6. The Morgan fingerprint density at radius 2 is 2.23 bits per heavy atom. The molecule has 0 aliphatic carbocycles. The number of carbonyl (C=O) groups excluding carboxylic acids is 1. The van der Waals surface area contributed by atoms with E-state index in [1.54, 1.807) is 13.1 Å². The maximum Gasteiger partial charge on any atom is 0.339 e. The minimum Gasteiger partial charge on any atom is -0.462 e. The molecule has 0 fully saturated rings. The maximum absolute atomic E-state index is 11.9. The third kappa shape index (κ3) is 2.23. The highest BCUT2D eigenvalue weighted by molar-refractivity contribution is 5.92. The van der Waals surface area contributed by atoms with Crippen LogP contribution < -0.4 is 4.90 Å². The standard InChI is InChI=1S/C17H17N3O2/c1-3-22-17(21)13-8-16-14-6-4-5-7-15(14)20(12(2)9-18)11-19(16)10-13/h4-8,10,12H,3,11H2,1-2H3. The highest BCUT2D eigenvalue weighted by Crippen LogP contribution is 2.37. The molecule has 0 saturated carbocycles. The van der Waals surface area contributed by atoms with Crippen molar-refractivity contribution in [3.8, 4) is 17.3 Å². The van der Waals surface area contributed by atoms with Gasteiger partial charge in [-0.2, -0.15) is 5.26 Å². The third-order valence-corrected chi connectivity index (χ3v) is 3.86. The molecule has 3 rings (SSSR count). The number of rotatable bonds is 3. The molecule has 0 N–H and O–H groups in total. The summed E-state index contributed by atoms with van der Waals surface area (Å²) in [5, 5.41) is 9.25. The minimum absolute atomic E-state index is 0.247. The van der Waals surface area contributed by atoms with Crippen molar-refractivity contribution in [3.63, 3.8) is 0 Å². The molecular weight excluding hydrogens is 278 g/mol. The summed E-state index contributed by atoms with van der Waals surface area (Å²) in [5.74, 6) is -0.318. The van der Waals surface area contributed by atoms with Crippen LogP contribution in [0, 0.1) is 11.3 Å². The van der Waals surface area contributed by atoms with Crippen LogP contribution in [-0.2, 0) is 11.4 Å². The van der Waals surface area contributed by atoms with Gasteiger partial charge in [-0.25, -0.2) is 4.79 Å². The number of anilines is 1. The van der Waals surface area contributed by atoms with Crippen LogP contribution in [0.15, 0.2) is 36.5 Å². The molecule has 1 aliphatic rings. The second-order valence-corrected chi connectivity index (χ2v) is 5.24. The Labute approximate surface area is 129 Å². The molecule has 112 valence electrons.